The highest BCUT2D eigenvalue weighted by Gasteiger charge is 2.33. The Balaban J connectivity index is 2.02. The molecule has 0 N–H and O–H groups in total. The number of hydrogen-bond acceptors (Lipinski definition) is 3. The van der Waals surface area contributed by atoms with Crippen LogP contribution in [0.25, 0.3) is 0 Å². The third kappa shape index (κ3) is 2.79. The average molecular weight is 326 g/mol. The van der Waals surface area contributed by atoms with Crippen molar-refractivity contribution < 1.29 is 4.79 Å². The lowest BCUT2D eigenvalue weighted by atomic mass is 10.0. The molecule has 0 atom stereocenters. The highest BCUT2D eigenvalue weighted by atomic mass is 16.2. The van der Waals surface area contributed by atoms with Crippen molar-refractivity contribution in [2.24, 2.45) is 7.05 Å². The average Bonchev–Trinajstić information content (AvgIpc) is 2.93. The van der Waals surface area contributed by atoms with E-state index < -0.39 is 0 Å². The molecule has 0 fully saturated rings. The van der Waals surface area contributed by atoms with Gasteiger partial charge in [-0.25, -0.2) is 0 Å². The fraction of sp³-hybridized carbons (Fsp3) is 0.474. The van der Waals surface area contributed by atoms with Crippen LogP contribution in [0.3, 0.4) is 0 Å². The summed E-state index contributed by atoms with van der Waals surface area (Å²) in [4.78, 5) is 17.4. The quantitative estimate of drug-likeness (QED) is 0.851. The van der Waals surface area contributed by atoms with E-state index in [1.807, 2.05) is 43.3 Å². The fourth-order valence-electron chi connectivity index (χ4n) is 3.39. The van der Waals surface area contributed by atoms with Gasteiger partial charge in [-0.15, -0.1) is 0 Å². The molecule has 2 heterocycles. The maximum atomic E-state index is 13.2. The summed E-state index contributed by atoms with van der Waals surface area (Å²) in [6, 6.07) is 8.17. The van der Waals surface area contributed by atoms with E-state index in [4.69, 9.17) is 0 Å². The Hall–Kier alpha value is -2.30. The van der Waals surface area contributed by atoms with Crippen molar-refractivity contribution in [1.29, 1.82) is 0 Å². The number of rotatable bonds is 2. The zero-order chi connectivity index (χ0) is 17.5. The molecule has 0 radical (unpaired) electrons. The summed E-state index contributed by atoms with van der Waals surface area (Å²) in [6.07, 6.45) is 2.59. The van der Waals surface area contributed by atoms with E-state index in [-0.39, 0.29) is 11.4 Å². The standard InChI is InChI=1S/C19H26N4O/c1-6-15-14(13-21(5)20-15)18(24)22-11-12-23(19(2,3)4)17-10-8-7-9-16(17)22/h7-10,13H,6,11-12H2,1-5H3. The maximum Gasteiger partial charge on any atom is 0.261 e. The molecule has 1 aliphatic heterocycles. The first-order valence-electron chi connectivity index (χ1n) is 8.54. The molecule has 0 spiro atoms. The Kier molecular flexibility index (Phi) is 4.11. The minimum Gasteiger partial charge on any atom is -0.363 e. The van der Waals surface area contributed by atoms with Gasteiger partial charge in [-0.05, 0) is 39.3 Å². The van der Waals surface area contributed by atoms with Gasteiger partial charge in [0.2, 0.25) is 0 Å². The van der Waals surface area contributed by atoms with Gasteiger partial charge in [0.05, 0.1) is 22.6 Å². The highest BCUT2D eigenvalue weighted by Crippen LogP contribution is 2.37. The van der Waals surface area contributed by atoms with E-state index in [9.17, 15) is 4.79 Å². The normalized spacial score (nSPS) is 14.7. The van der Waals surface area contributed by atoms with E-state index >= 15 is 0 Å². The lowest BCUT2D eigenvalue weighted by molar-refractivity contribution is 0.0985. The van der Waals surface area contributed by atoms with Crippen LogP contribution < -0.4 is 9.80 Å². The Morgan fingerprint density at radius 3 is 2.46 bits per heavy atom. The Morgan fingerprint density at radius 1 is 1.17 bits per heavy atom. The first-order chi connectivity index (χ1) is 11.3. The number of amides is 1. The van der Waals surface area contributed by atoms with Gasteiger partial charge in [-0.1, -0.05) is 19.1 Å². The van der Waals surface area contributed by atoms with Crippen LogP contribution in [0.5, 0.6) is 0 Å². The van der Waals surface area contributed by atoms with Crippen LogP contribution in [0, 0.1) is 0 Å². The van der Waals surface area contributed by atoms with Gasteiger partial charge in [0.1, 0.15) is 0 Å². The largest absolute Gasteiger partial charge is 0.363 e. The predicted octanol–water partition coefficient (Wildman–Crippen LogP) is 3.25. The number of para-hydroxylation sites is 2. The number of aryl methyl sites for hydroxylation is 2. The van der Waals surface area contributed by atoms with Crippen molar-refractivity contribution in [3.05, 3.63) is 41.7 Å². The number of carbonyl (C=O) groups excluding carboxylic acids is 1. The second kappa shape index (κ2) is 5.96. The molecule has 128 valence electrons. The fourth-order valence-corrected chi connectivity index (χ4v) is 3.39. The second-order valence-electron chi connectivity index (χ2n) is 7.28. The minimum absolute atomic E-state index is 0.0219. The number of aromatic nitrogens is 2. The monoisotopic (exact) mass is 326 g/mol. The first kappa shape index (κ1) is 16.6. The summed E-state index contributed by atoms with van der Waals surface area (Å²) in [5.74, 6) is 0.0426. The number of nitrogens with zero attached hydrogens (tertiary/aromatic N) is 4. The lowest BCUT2D eigenvalue weighted by Gasteiger charge is -2.44. The van der Waals surface area contributed by atoms with Crippen LogP contribution in [0.2, 0.25) is 0 Å². The number of fused-ring (bicyclic) bond motifs is 1. The summed E-state index contributed by atoms with van der Waals surface area (Å²) >= 11 is 0. The van der Waals surface area contributed by atoms with Gasteiger partial charge >= 0.3 is 0 Å². The molecular formula is C19H26N4O. The van der Waals surface area contributed by atoms with Crippen molar-refractivity contribution in [3.8, 4) is 0 Å². The maximum absolute atomic E-state index is 13.2. The highest BCUT2D eigenvalue weighted by molar-refractivity contribution is 6.09. The molecule has 1 aromatic heterocycles. The zero-order valence-corrected chi connectivity index (χ0v) is 15.2. The summed E-state index contributed by atoms with van der Waals surface area (Å²) < 4.78 is 1.73. The van der Waals surface area contributed by atoms with E-state index in [1.165, 1.54) is 0 Å². The van der Waals surface area contributed by atoms with Crippen LogP contribution in [-0.2, 0) is 13.5 Å². The molecule has 0 saturated heterocycles. The van der Waals surface area contributed by atoms with E-state index in [0.29, 0.717) is 12.1 Å². The van der Waals surface area contributed by atoms with Crippen LogP contribution in [0.1, 0.15) is 43.7 Å². The van der Waals surface area contributed by atoms with Crippen LogP contribution in [0.15, 0.2) is 30.5 Å². The summed E-state index contributed by atoms with van der Waals surface area (Å²) in [7, 11) is 1.86. The predicted molar refractivity (Wildman–Crippen MR) is 97.8 cm³/mol. The molecule has 0 saturated carbocycles. The van der Waals surface area contributed by atoms with E-state index in [1.54, 1.807) is 4.68 Å². The number of hydrogen-bond donors (Lipinski definition) is 0. The molecule has 2 aromatic rings. The molecule has 1 aromatic carbocycles. The number of anilines is 2. The molecule has 0 bridgehead atoms. The van der Waals surface area contributed by atoms with Gasteiger partial charge in [0.15, 0.2) is 0 Å². The molecule has 5 heteroatoms. The zero-order valence-electron chi connectivity index (χ0n) is 15.2. The van der Waals surface area contributed by atoms with Crippen molar-refractivity contribution in [3.63, 3.8) is 0 Å². The van der Waals surface area contributed by atoms with Gasteiger partial charge in [0, 0.05) is 31.9 Å². The van der Waals surface area contributed by atoms with Gasteiger partial charge in [-0.3, -0.25) is 9.48 Å². The first-order valence-corrected chi connectivity index (χ1v) is 8.54. The van der Waals surface area contributed by atoms with Crippen molar-refractivity contribution >= 4 is 17.3 Å². The van der Waals surface area contributed by atoms with Crippen molar-refractivity contribution in [2.75, 3.05) is 22.9 Å². The molecule has 24 heavy (non-hydrogen) atoms. The molecule has 1 aliphatic rings. The smallest absolute Gasteiger partial charge is 0.261 e. The summed E-state index contributed by atoms with van der Waals surface area (Å²) in [5, 5.41) is 4.41. The van der Waals surface area contributed by atoms with Crippen molar-refractivity contribution in [2.45, 2.75) is 39.7 Å². The minimum atomic E-state index is 0.0219. The Bertz CT molecular complexity index is 757. The SMILES string of the molecule is CCc1nn(C)cc1C(=O)N1CCN(C(C)(C)C)c2ccccc21. The van der Waals surface area contributed by atoms with Crippen LogP contribution >= 0.6 is 0 Å². The lowest BCUT2D eigenvalue weighted by Crippen LogP contribution is -2.51. The third-order valence-electron chi connectivity index (χ3n) is 4.54. The second-order valence-corrected chi connectivity index (χ2v) is 7.28. The third-order valence-corrected chi connectivity index (χ3v) is 4.54. The molecular weight excluding hydrogens is 300 g/mol. The topological polar surface area (TPSA) is 41.4 Å². The van der Waals surface area contributed by atoms with Gasteiger partial charge < -0.3 is 9.80 Å². The van der Waals surface area contributed by atoms with Crippen LogP contribution in [0.4, 0.5) is 11.4 Å². The summed E-state index contributed by atoms with van der Waals surface area (Å²) in [6.45, 7) is 10.2. The molecule has 1 amide bonds. The van der Waals surface area contributed by atoms with Crippen LogP contribution in [-0.4, -0.2) is 34.3 Å². The van der Waals surface area contributed by atoms with Gasteiger partial charge in [-0.2, -0.15) is 5.10 Å². The number of benzene rings is 1. The Labute approximate surface area is 143 Å². The number of carbonyl (C=O) groups is 1. The molecule has 3 rings (SSSR count). The van der Waals surface area contributed by atoms with E-state index in [0.717, 1.165) is 30.0 Å². The Morgan fingerprint density at radius 2 is 1.83 bits per heavy atom. The molecule has 0 aliphatic carbocycles. The van der Waals surface area contributed by atoms with Crippen molar-refractivity contribution in [1.82, 2.24) is 9.78 Å². The van der Waals surface area contributed by atoms with Gasteiger partial charge in [0.25, 0.3) is 5.91 Å². The van der Waals surface area contributed by atoms with E-state index in [2.05, 4.69) is 36.8 Å². The summed E-state index contributed by atoms with van der Waals surface area (Å²) in [5.41, 5.74) is 3.69. The molecule has 5 nitrogen and oxygen atoms in total. The molecule has 0 unspecified atom stereocenters.